The summed E-state index contributed by atoms with van der Waals surface area (Å²) in [4.78, 5) is 44.6. The summed E-state index contributed by atoms with van der Waals surface area (Å²) in [7, 11) is 13.7. The summed E-state index contributed by atoms with van der Waals surface area (Å²) in [5.74, 6) is 2.01. The van der Waals surface area contributed by atoms with Crippen LogP contribution in [0.3, 0.4) is 0 Å². The Labute approximate surface area is 799 Å². The van der Waals surface area contributed by atoms with E-state index >= 15 is 0 Å². The van der Waals surface area contributed by atoms with Crippen molar-refractivity contribution in [1.29, 1.82) is 0 Å². The van der Waals surface area contributed by atoms with Crippen LogP contribution in [0.2, 0.25) is 10.3 Å². The Morgan fingerprint density at radius 1 is 0.388 bits per heavy atom. The van der Waals surface area contributed by atoms with E-state index in [2.05, 4.69) is 39.9 Å². The predicted octanol–water partition coefficient (Wildman–Crippen LogP) is 20.4. The maximum Gasteiger partial charge on any atom is 0.420 e. The normalized spacial score (nSPS) is 13.3. The zero-order valence-electron chi connectivity index (χ0n) is 76.0. The third kappa shape index (κ3) is 27.4. The van der Waals surface area contributed by atoms with Gasteiger partial charge in [0, 0.05) is 150 Å². The van der Waals surface area contributed by atoms with Crippen LogP contribution in [0, 0.1) is 0 Å². The van der Waals surface area contributed by atoms with Gasteiger partial charge in [-0.05, 0) is 183 Å². The number of nitrogens with zero attached hydrogens (tertiary/aromatic N) is 8. The lowest BCUT2D eigenvalue weighted by molar-refractivity contribution is -0.145. The molecule has 0 unspecified atom stereocenters. The molecule has 0 saturated carbocycles. The lowest BCUT2D eigenvalue weighted by atomic mass is 10.0. The average molecular weight is 1960 g/mol. The summed E-state index contributed by atoms with van der Waals surface area (Å²) in [6.07, 6.45) is -2.93. The summed E-state index contributed by atoms with van der Waals surface area (Å²) in [6.45, 7) is 5.20. The summed E-state index contributed by atoms with van der Waals surface area (Å²) in [5, 5.41) is 62.6. The van der Waals surface area contributed by atoms with E-state index in [1.807, 2.05) is 66.7 Å². The van der Waals surface area contributed by atoms with E-state index in [9.17, 15) is 61.8 Å². The molecular formula is C99H94Cl2F6N8O24. The molecule has 32 nitrogen and oxygen atoms in total. The van der Waals surface area contributed by atoms with Crippen LogP contribution in [-0.2, 0) is 78.7 Å². The van der Waals surface area contributed by atoms with Crippen molar-refractivity contribution >= 4 is 116 Å². The Hall–Kier alpha value is -13.8. The van der Waals surface area contributed by atoms with Gasteiger partial charge in [-0.15, -0.1) is 0 Å². The highest BCUT2D eigenvalue weighted by molar-refractivity contribution is 6.31. The fourth-order valence-corrected chi connectivity index (χ4v) is 14.6. The topological polar surface area (TPSA) is 398 Å². The molecule has 3 aliphatic rings. The van der Waals surface area contributed by atoms with Crippen LogP contribution in [0.25, 0.3) is 87.2 Å². The highest BCUT2D eigenvalue weighted by Gasteiger charge is 2.37. The minimum absolute atomic E-state index is 0.0245. The number of aromatic hydroxyl groups is 6. The molecule has 0 bridgehead atoms. The molecule has 0 spiro atoms. The number of hydrogen-bond donors (Lipinski definition) is 6. The molecule has 3 fully saturated rings. The van der Waals surface area contributed by atoms with Gasteiger partial charge in [0.15, 0.2) is 55.2 Å². The standard InChI is InChI=1S/C16H17NO5.C13H10F3NO3.C13H12F3NO3.C12H12ClNO3.C12H11NO3.C12H13NO3.C11H10ClNO2.C10H9NO2/c1-2-19-15(18)10-22-13-3-4-14-11(8-13)7-12(9-17-14)16-20-5-6-21-16;14-13(15,16)9-1-2-10(18)8-5-7(6-17-11(8)9)12-19-3-4-20-12;1-19-12(20-2)7-5-8-9(17-6-7)3-4-10(18)11(8)13(14,15)16;1-16-12(17-2)9-6-7-5-8(15)3-4-10(7)14-11(9)13;14-11-3-1-2-10-9(11)6-8(7-13-10)12-15-4-5-16-12;1-15-12(16-2)9-5-8-6-10(14)3-4-11(8)13-7-9;1-14-8-3-4-9-7(5-8)6-10(15-2)11(12)13-9;1-13-9-5-7-4-8(12)2-3-10(7)11-6-9/h3-4,7-9,16H,2,5-6,10H2,1H3;1-2,5-6,12,18H,3-4H2;3-6,12,18H,1-2H3;3-6,12,15H,1-2H3;1-3,6-7,12,14H,4-5H2;3-7,12,14H,1-2H3;3-6H,1-2H3;2-6,12H,1H3. The maximum atomic E-state index is 13.0. The predicted molar refractivity (Wildman–Crippen MR) is 500 cm³/mol. The third-order valence-corrected chi connectivity index (χ3v) is 21.2. The van der Waals surface area contributed by atoms with Gasteiger partial charge in [0.25, 0.3) is 0 Å². The molecule has 0 radical (unpaired) electrons. The Bertz CT molecular complexity index is 6880. The molecule has 8 aromatic carbocycles. The molecule has 730 valence electrons. The van der Waals surface area contributed by atoms with Crippen molar-refractivity contribution in [2.45, 2.75) is 57.0 Å². The van der Waals surface area contributed by atoms with Crippen LogP contribution in [0.5, 0.6) is 57.5 Å². The van der Waals surface area contributed by atoms with Crippen molar-refractivity contribution < 1.29 is 142 Å². The fraction of sp³-hybridized carbons (Fsp3) is 0.263. The third-order valence-electron chi connectivity index (χ3n) is 20.6. The van der Waals surface area contributed by atoms with E-state index in [1.54, 1.807) is 146 Å². The number of alkyl halides is 6. The van der Waals surface area contributed by atoms with E-state index in [0.717, 1.165) is 101 Å². The highest BCUT2D eigenvalue weighted by Crippen LogP contribution is 2.43. The summed E-state index contributed by atoms with van der Waals surface area (Å²) in [6, 6.07) is 49.2. The van der Waals surface area contributed by atoms with Crippen LogP contribution in [-0.4, -0.2) is 193 Å². The molecule has 6 N–H and O–H groups in total. The first-order chi connectivity index (χ1) is 66.9. The molecular weight excluding hydrogens is 1870 g/mol. The number of methoxy groups -OCH3 is 9. The van der Waals surface area contributed by atoms with Gasteiger partial charge in [-0.2, -0.15) is 26.3 Å². The van der Waals surface area contributed by atoms with Crippen molar-refractivity contribution in [3.8, 4) is 57.5 Å². The van der Waals surface area contributed by atoms with E-state index in [0.29, 0.717) is 96.0 Å². The first kappa shape index (κ1) is 104. The smallest absolute Gasteiger partial charge is 0.420 e. The van der Waals surface area contributed by atoms with E-state index in [4.69, 9.17) is 104 Å². The fourth-order valence-electron chi connectivity index (χ4n) is 14.1. The molecule has 16 aromatic rings. The van der Waals surface area contributed by atoms with Gasteiger partial charge >= 0.3 is 18.3 Å². The van der Waals surface area contributed by atoms with Crippen molar-refractivity contribution in [1.82, 2.24) is 39.9 Å². The number of esters is 1. The van der Waals surface area contributed by atoms with Crippen LogP contribution < -0.4 is 18.9 Å². The van der Waals surface area contributed by atoms with Gasteiger partial charge < -0.3 is 111 Å². The zero-order chi connectivity index (χ0) is 99.6. The average Bonchev–Trinajstić information content (AvgIpc) is 1.71. The molecule has 3 saturated heterocycles. The number of halogens is 8. The number of carbonyl (C=O) groups excluding carboxylic acids is 1. The molecule has 8 aromatic heterocycles. The Balaban J connectivity index is 0.000000143. The van der Waals surface area contributed by atoms with Gasteiger partial charge in [0.05, 0.1) is 123 Å². The molecule has 0 amide bonds. The van der Waals surface area contributed by atoms with Gasteiger partial charge in [-0.3, -0.25) is 29.9 Å². The lowest BCUT2D eigenvalue weighted by Crippen LogP contribution is -2.14. The van der Waals surface area contributed by atoms with Gasteiger partial charge in [-0.1, -0.05) is 29.3 Å². The van der Waals surface area contributed by atoms with Crippen LogP contribution >= 0.6 is 23.2 Å². The Kier molecular flexibility index (Phi) is 36.7. The van der Waals surface area contributed by atoms with Gasteiger partial charge in [0.1, 0.15) is 62.5 Å². The summed E-state index contributed by atoms with van der Waals surface area (Å²) in [5.41, 5.74) is 6.62. The summed E-state index contributed by atoms with van der Waals surface area (Å²) >= 11 is 12.0. The number of rotatable bonds is 19. The number of phenols is 6. The Morgan fingerprint density at radius 2 is 0.813 bits per heavy atom. The maximum absolute atomic E-state index is 13.0. The molecule has 0 aliphatic carbocycles. The van der Waals surface area contributed by atoms with Crippen molar-refractivity contribution in [2.24, 2.45) is 0 Å². The number of hydrogen-bond acceptors (Lipinski definition) is 32. The quantitative estimate of drug-likeness (QED) is 0.0189. The molecule has 40 heteroatoms. The van der Waals surface area contributed by atoms with Crippen molar-refractivity contribution in [3.05, 3.63) is 274 Å². The zero-order valence-corrected chi connectivity index (χ0v) is 77.6. The number of benzene rings is 8. The first-order valence-electron chi connectivity index (χ1n) is 42.1. The minimum atomic E-state index is -4.68. The molecule has 139 heavy (non-hydrogen) atoms. The van der Waals surface area contributed by atoms with Crippen molar-refractivity contribution in [2.75, 3.05) is 117 Å². The number of ether oxygens (including phenoxy) is 17. The molecule has 11 heterocycles. The second-order valence-electron chi connectivity index (χ2n) is 29.7. The van der Waals surface area contributed by atoms with Crippen LogP contribution in [0.4, 0.5) is 26.3 Å². The van der Waals surface area contributed by atoms with Gasteiger partial charge in [-0.25, -0.2) is 14.8 Å². The first-order valence-corrected chi connectivity index (χ1v) is 42.8. The minimum Gasteiger partial charge on any atom is -0.508 e. The molecule has 0 atom stereocenters. The summed E-state index contributed by atoms with van der Waals surface area (Å²) < 4.78 is 166. The van der Waals surface area contributed by atoms with Crippen molar-refractivity contribution in [3.63, 3.8) is 0 Å². The van der Waals surface area contributed by atoms with Crippen LogP contribution in [0.1, 0.15) is 89.2 Å². The number of phenolic OH excluding ortho intramolecular Hbond substituents is 6. The largest absolute Gasteiger partial charge is 0.508 e. The number of pyridine rings is 8. The second kappa shape index (κ2) is 49.0. The molecule has 19 rings (SSSR count). The lowest BCUT2D eigenvalue weighted by Gasteiger charge is -2.16. The Morgan fingerprint density at radius 3 is 1.36 bits per heavy atom. The highest BCUT2D eigenvalue weighted by atomic mass is 35.5. The number of aromatic nitrogens is 8. The van der Waals surface area contributed by atoms with E-state index < -0.39 is 54.4 Å². The SMILES string of the molecule is CCOC(=O)COc1ccc2ncc(C3OCCO3)cc2c1.COC(OC)c1cc2cc(O)ccc2nc1Cl.COC(OC)c1cnc2ccc(O)c(C(F)(F)F)c2c1.COC(OC)c1cnc2ccc(O)cc2c1.COc1ccc2nc(Cl)c(OC)cc2c1.COc1cnc2ccc(O)cc2c1.Oc1ccc(C(F)(F)F)c2ncc(C3OCCO3)cc12.Oc1cccc2ncc(C3OCCO3)cc12. The number of carbonyl (C=O) groups is 1. The van der Waals surface area contributed by atoms with E-state index in [1.165, 1.54) is 59.0 Å². The monoisotopic (exact) mass is 1960 g/mol. The van der Waals surface area contributed by atoms with E-state index in [-0.39, 0.29) is 75.7 Å². The van der Waals surface area contributed by atoms with Crippen LogP contribution in [0.15, 0.2) is 219 Å². The molecule has 3 aliphatic heterocycles. The second-order valence-corrected chi connectivity index (χ2v) is 30.4. The van der Waals surface area contributed by atoms with Gasteiger partial charge in [0.2, 0.25) is 0 Å². The number of fused-ring (bicyclic) bond motifs is 8.